The molecule has 0 saturated carbocycles. The molecular weight excluding hydrogens is 247 g/mol. The molecule has 0 radical (unpaired) electrons. The van der Waals surface area contributed by atoms with Crippen molar-refractivity contribution >= 4 is 17.4 Å². The van der Waals surface area contributed by atoms with Crippen LogP contribution in [0, 0.1) is 6.92 Å². The highest BCUT2D eigenvalue weighted by molar-refractivity contribution is 8.00. The molecule has 0 aromatic heterocycles. The van der Waals surface area contributed by atoms with Gasteiger partial charge in [-0.05, 0) is 49.2 Å². The minimum absolute atomic E-state index is 0.0443. The Labute approximate surface area is 103 Å². The molecule has 0 N–H and O–H groups in total. The second-order valence-corrected chi connectivity index (χ2v) is 5.33. The van der Waals surface area contributed by atoms with E-state index in [1.807, 2.05) is 6.92 Å². The molecule has 1 aromatic carbocycles. The summed E-state index contributed by atoms with van der Waals surface area (Å²) in [5.74, 6) is 0. The van der Waals surface area contributed by atoms with Gasteiger partial charge >= 0.3 is 5.51 Å². The van der Waals surface area contributed by atoms with Gasteiger partial charge in [0.1, 0.15) is 0 Å². The second-order valence-electron chi connectivity index (χ2n) is 4.19. The zero-order valence-corrected chi connectivity index (χ0v) is 10.4. The molecule has 0 aliphatic carbocycles. The van der Waals surface area contributed by atoms with Crippen molar-refractivity contribution in [2.24, 2.45) is 0 Å². The van der Waals surface area contributed by atoms with Gasteiger partial charge in [-0.15, -0.1) is 0 Å². The maximum atomic E-state index is 12.3. The molecule has 1 saturated heterocycles. The lowest BCUT2D eigenvalue weighted by Crippen LogP contribution is -2.18. The molecule has 94 valence electrons. The van der Waals surface area contributed by atoms with Crippen molar-refractivity contribution in [2.45, 2.75) is 30.2 Å². The smallest absolute Gasteiger partial charge is 0.371 e. The zero-order chi connectivity index (χ0) is 12.5. The molecule has 17 heavy (non-hydrogen) atoms. The Bertz CT molecular complexity index is 397. The third-order valence-electron chi connectivity index (χ3n) is 2.86. The summed E-state index contributed by atoms with van der Waals surface area (Å²) in [6, 6.07) is 4.95. The van der Waals surface area contributed by atoms with Crippen LogP contribution < -0.4 is 4.90 Å². The molecule has 5 heteroatoms. The highest BCUT2D eigenvalue weighted by atomic mass is 32.2. The van der Waals surface area contributed by atoms with Crippen LogP contribution in [-0.4, -0.2) is 18.6 Å². The standard InChI is InChI=1S/C12H14F3NS/c1-9-4-5-10(17-12(13,14)15)8-11(9)16-6-2-3-7-16/h4-5,8H,2-3,6-7H2,1H3. The fraction of sp³-hybridized carbons (Fsp3) is 0.500. The van der Waals surface area contributed by atoms with E-state index in [0.717, 1.165) is 37.2 Å². The molecule has 1 aliphatic rings. The minimum atomic E-state index is -4.21. The number of alkyl halides is 3. The van der Waals surface area contributed by atoms with Crippen molar-refractivity contribution in [3.63, 3.8) is 0 Å². The zero-order valence-electron chi connectivity index (χ0n) is 9.55. The maximum absolute atomic E-state index is 12.3. The molecule has 1 aromatic rings. The summed E-state index contributed by atoms with van der Waals surface area (Å²) in [7, 11) is 0. The fourth-order valence-corrected chi connectivity index (χ4v) is 2.66. The van der Waals surface area contributed by atoms with Gasteiger partial charge < -0.3 is 4.90 Å². The topological polar surface area (TPSA) is 3.24 Å². The van der Waals surface area contributed by atoms with Crippen LogP contribution in [0.2, 0.25) is 0 Å². The largest absolute Gasteiger partial charge is 0.446 e. The van der Waals surface area contributed by atoms with E-state index in [1.54, 1.807) is 12.1 Å². The average Bonchev–Trinajstić information content (AvgIpc) is 2.72. The molecule has 1 fully saturated rings. The number of nitrogens with zero attached hydrogens (tertiary/aromatic N) is 1. The third kappa shape index (κ3) is 3.31. The SMILES string of the molecule is Cc1ccc(SC(F)(F)F)cc1N1CCCC1. The van der Waals surface area contributed by atoms with Gasteiger partial charge in [0, 0.05) is 23.7 Å². The highest BCUT2D eigenvalue weighted by Crippen LogP contribution is 2.39. The first-order chi connectivity index (χ1) is 7.96. The van der Waals surface area contributed by atoms with Crippen LogP contribution in [0.1, 0.15) is 18.4 Å². The average molecular weight is 261 g/mol. The van der Waals surface area contributed by atoms with Crippen LogP contribution >= 0.6 is 11.8 Å². The van der Waals surface area contributed by atoms with Crippen LogP contribution in [0.15, 0.2) is 23.1 Å². The van der Waals surface area contributed by atoms with E-state index >= 15 is 0 Å². The second kappa shape index (κ2) is 4.80. The summed E-state index contributed by atoms with van der Waals surface area (Å²) in [6.45, 7) is 3.83. The van der Waals surface area contributed by atoms with E-state index in [0.29, 0.717) is 0 Å². The van der Waals surface area contributed by atoms with E-state index < -0.39 is 5.51 Å². The van der Waals surface area contributed by atoms with Crippen LogP contribution in [0.3, 0.4) is 0 Å². The quantitative estimate of drug-likeness (QED) is 0.734. The van der Waals surface area contributed by atoms with Gasteiger partial charge in [0.25, 0.3) is 0 Å². The van der Waals surface area contributed by atoms with E-state index in [4.69, 9.17) is 0 Å². The first-order valence-electron chi connectivity index (χ1n) is 5.57. The maximum Gasteiger partial charge on any atom is 0.446 e. The molecule has 2 rings (SSSR count). The summed E-state index contributed by atoms with van der Waals surface area (Å²) in [4.78, 5) is 2.43. The number of halogens is 3. The molecule has 0 unspecified atom stereocenters. The number of rotatable bonds is 2. The Balaban J connectivity index is 2.22. The number of thioether (sulfide) groups is 1. The normalized spacial score (nSPS) is 16.6. The molecule has 0 bridgehead atoms. The predicted molar refractivity (Wildman–Crippen MR) is 64.5 cm³/mol. The highest BCUT2D eigenvalue weighted by Gasteiger charge is 2.29. The first-order valence-corrected chi connectivity index (χ1v) is 6.39. The van der Waals surface area contributed by atoms with Gasteiger partial charge in [-0.1, -0.05) is 6.07 Å². The van der Waals surface area contributed by atoms with Crippen LogP contribution in [-0.2, 0) is 0 Å². The Hall–Kier alpha value is -0.840. The van der Waals surface area contributed by atoms with Crippen molar-refractivity contribution in [3.8, 4) is 0 Å². The summed E-state index contributed by atoms with van der Waals surface area (Å²) >= 11 is -0.0443. The van der Waals surface area contributed by atoms with E-state index in [1.165, 1.54) is 6.07 Å². The van der Waals surface area contributed by atoms with E-state index in [9.17, 15) is 13.2 Å². The number of benzene rings is 1. The predicted octanol–water partition coefficient (Wildman–Crippen LogP) is 4.21. The number of hydrogen-bond acceptors (Lipinski definition) is 2. The number of anilines is 1. The van der Waals surface area contributed by atoms with Gasteiger partial charge in [-0.3, -0.25) is 0 Å². The number of aryl methyl sites for hydroxylation is 1. The number of hydrogen-bond donors (Lipinski definition) is 0. The monoisotopic (exact) mass is 261 g/mol. The Morgan fingerprint density at radius 1 is 1.18 bits per heavy atom. The van der Waals surface area contributed by atoms with Gasteiger partial charge in [0.15, 0.2) is 0 Å². The molecular formula is C12H14F3NS. The van der Waals surface area contributed by atoms with Gasteiger partial charge in [-0.2, -0.15) is 13.2 Å². The first kappa shape index (κ1) is 12.6. The van der Waals surface area contributed by atoms with E-state index in [2.05, 4.69) is 4.90 Å². The lowest BCUT2D eigenvalue weighted by molar-refractivity contribution is -0.0328. The third-order valence-corrected chi connectivity index (χ3v) is 3.58. The van der Waals surface area contributed by atoms with E-state index in [-0.39, 0.29) is 16.7 Å². The fourth-order valence-electron chi connectivity index (χ4n) is 2.09. The lowest BCUT2D eigenvalue weighted by Gasteiger charge is -2.21. The van der Waals surface area contributed by atoms with Crippen molar-refractivity contribution < 1.29 is 13.2 Å². The minimum Gasteiger partial charge on any atom is -0.371 e. The molecule has 0 spiro atoms. The molecule has 0 amide bonds. The Morgan fingerprint density at radius 3 is 2.41 bits per heavy atom. The summed E-state index contributed by atoms with van der Waals surface area (Å²) < 4.78 is 36.9. The van der Waals surface area contributed by atoms with Crippen molar-refractivity contribution in [1.82, 2.24) is 0 Å². The summed E-state index contributed by atoms with van der Waals surface area (Å²) in [5.41, 5.74) is -2.23. The summed E-state index contributed by atoms with van der Waals surface area (Å²) in [6.07, 6.45) is 2.24. The van der Waals surface area contributed by atoms with Crippen LogP contribution in [0.25, 0.3) is 0 Å². The molecule has 1 nitrogen and oxygen atoms in total. The summed E-state index contributed by atoms with van der Waals surface area (Å²) in [5, 5.41) is 0. The lowest BCUT2D eigenvalue weighted by atomic mass is 10.2. The van der Waals surface area contributed by atoms with Gasteiger partial charge in [-0.25, -0.2) is 0 Å². The molecule has 0 atom stereocenters. The Kier molecular flexibility index (Phi) is 3.56. The molecule has 1 heterocycles. The van der Waals surface area contributed by atoms with Crippen LogP contribution in [0.5, 0.6) is 0 Å². The van der Waals surface area contributed by atoms with Gasteiger partial charge in [0.05, 0.1) is 0 Å². The van der Waals surface area contributed by atoms with Crippen LogP contribution in [0.4, 0.5) is 18.9 Å². The molecule has 1 aliphatic heterocycles. The van der Waals surface area contributed by atoms with Crippen molar-refractivity contribution in [2.75, 3.05) is 18.0 Å². The van der Waals surface area contributed by atoms with Crippen molar-refractivity contribution in [1.29, 1.82) is 0 Å². The van der Waals surface area contributed by atoms with Gasteiger partial charge in [0.2, 0.25) is 0 Å². The Morgan fingerprint density at radius 2 is 1.82 bits per heavy atom. The van der Waals surface area contributed by atoms with Crippen molar-refractivity contribution in [3.05, 3.63) is 23.8 Å².